The summed E-state index contributed by atoms with van der Waals surface area (Å²) in [7, 11) is 0. The molecule has 0 aliphatic carbocycles. The highest BCUT2D eigenvalue weighted by Crippen LogP contribution is 2.19. The summed E-state index contributed by atoms with van der Waals surface area (Å²) in [6.07, 6.45) is 6.06. The van der Waals surface area contributed by atoms with Gasteiger partial charge < -0.3 is 14.8 Å². The monoisotopic (exact) mass is 264 g/mol. The zero-order chi connectivity index (χ0) is 13.7. The lowest BCUT2D eigenvalue weighted by Gasteiger charge is -2.21. The van der Waals surface area contributed by atoms with E-state index in [1.165, 1.54) is 0 Å². The summed E-state index contributed by atoms with van der Waals surface area (Å²) in [5.41, 5.74) is 1.23. The van der Waals surface area contributed by atoms with E-state index in [1.807, 2.05) is 6.07 Å². The molecular weight excluding hydrogens is 240 g/mol. The van der Waals surface area contributed by atoms with Gasteiger partial charge in [0.2, 0.25) is 0 Å². The second-order valence-corrected chi connectivity index (χ2v) is 6.03. The average Bonchev–Trinajstić information content (AvgIpc) is 2.87. The molecule has 2 heterocycles. The smallest absolute Gasteiger partial charge is 0.142 e. The zero-order valence-corrected chi connectivity index (χ0v) is 12.1. The Morgan fingerprint density at radius 1 is 1.47 bits per heavy atom. The van der Waals surface area contributed by atoms with E-state index >= 15 is 0 Å². The second kappa shape index (κ2) is 6.35. The molecule has 1 aromatic rings. The van der Waals surface area contributed by atoms with Crippen LogP contribution in [0, 0.1) is 0 Å². The number of aromatic nitrogens is 1. The van der Waals surface area contributed by atoms with E-state index in [4.69, 9.17) is 9.47 Å². The molecule has 0 spiro atoms. The summed E-state index contributed by atoms with van der Waals surface area (Å²) < 4.78 is 11.4. The van der Waals surface area contributed by atoms with Crippen molar-refractivity contribution in [1.82, 2.24) is 10.3 Å². The maximum atomic E-state index is 5.86. The van der Waals surface area contributed by atoms with Gasteiger partial charge in [-0.2, -0.15) is 0 Å². The molecule has 0 amide bonds. The van der Waals surface area contributed by atoms with Crippen molar-refractivity contribution in [3.63, 3.8) is 0 Å². The van der Waals surface area contributed by atoms with E-state index in [0.29, 0.717) is 6.61 Å². The van der Waals surface area contributed by atoms with E-state index < -0.39 is 0 Å². The second-order valence-electron chi connectivity index (χ2n) is 6.03. The number of pyridine rings is 1. The maximum Gasteiger partial charge on any atom is 0.142 e. The van der Waals surface area contributed by atoms with Gasteiger partial charge in [0, 0.05) is 30.5 Å². The number of hydrogen-bond acceptors (Lipinski definition) is 4. The van der Waals surface area contributed by atoms with E-state index in [1.54, 1.807) is 12.4 Å². The third kappa shape index (κ3) is 4.80. The third-order valence-corrected chi connectivity index (χ3v) is 3.13. The van der Waals surface area contributed by atoms with Crippen molar-refractivity contribution in [1.29, 1.82) is 0 Å². The van der Waals surface area contributed by atoms with Gasteiger partial charge >= 0.3 is 0 Å². The van der Waals surface area contributed by atoms with Crippen LogP contribution >= 0.6 is 0 Å². The van der Waals surface area contributed by atoms with Crippen LogP contribution in [-0.4, -0.2) is 29.8 Å². The van der Waals surface area contributed by atoms with Gasteiger partial charge in [0.1, 0.15) is 12.4 Å². The maximum absolute atomic E-state index is 5.86. The Morgan fingerprint density at radius 3 is 3.00 bits per heavy atom. The van der Waals surface area contributed by atoms with E-state index in [-0.39, 0.29) is 11.6 Å². The van der Waals surface area contributed by atoms with Crippen molar-refractivity contribution in [3.8, 4) is 5.75 Å². The molecule has 1 aliphatic rings. The van der Waals surface area contributed by atoms with Gasteiger partial charge in [0.05, 0.1) is 12.3 Å². The van der Waals surface area contributed by atoms with Gasteiger partial charge in [0.25, 0.3) is 0 Å². The minimum Gasteiger partial charge on any atom is -0.489 e. The number of ether oxygens (including phenoxy) is 2. The molecule has 0 radical (unpaired) electrons. The first-order valence-corrected chi connectivity index (χ1v) is 6.97. The molecule has 2 rings (SSSR count). The summed E-state index contributed by atoms with van der Waals surface area (Å²) in [5.74, 6) is 0.856. The lowest BCUT2D eigenvalue weighted by molar-refractivity contribution is 0.0674. The van der Waals surface area contributed by atoms with Crippen molar-refractivity contribution in [2.24, 2.45) is 0 Å². The molecule has 4 nitrogen and oxygen atoms in total. The predicted molar refractivity (Wildman–Crippen MR) is 75.3 cm³/mol. The molecule has 0 bridgehead atoms. The number of rotatable bonds is 5. The summed E-state index contributed by atoms with van der Waals surface area (Å²) >= 11 is 0. The lowest BCUT2D eigenvalue weighted by atomic mass is 10.1. The summed E-state index contributed by atoms with van der Waals surface area (Å²) in [4.78, 5) is 4.14. The first-order chi connectivity index (χ1) is 9.04. The van der Waals surface area contributed by atoms with Crippen LogP contribution in [0.15, 0.2) is 18.5 Å². The van der Waals surface area contributed by atoms with Crippen molar-refractivity contribution in [2.75, 3.05) is 13.2 Å². The standard InChI is InChI=1S/C15H24N2O2/c1-15(2,3)17-9-12-6-7-16-10-14(12)19-11-13-5-4-8-18-13/h6-7,10,13,17H,4-5,8-9,11H2,1-3H3. The highest BCUT2D eigenvalue weighted by Gasteiger charge is 2.17. The van der Waals surface area contributed by atoms with Crippen molar-refractivity contribution >= 4 is 0 Å². The Morgan fingerprint density at radius 2 is 2.32 bits per heavy atom. The van der Waals surface area contributed by atoms with Crippen LogP contribution in [0.1, 0.15) is 39.2 Å². The first-order valence-electron chi connectivity index (χ1n) is 6.97. The Balaban J connectivity index is 1.91. The lowest BCUT2D eigenvalue weighted by Crippen LogP contribution is -2.35. The molecule has 19 heavy (non-hydrogen) atoms. The van der Waals surface area contributed by atoms with Crippen molar-refractivity contribution in [2.45, 2.75) is 51.8 Å². The minimum atomic E-state index is 0.0924. The van der Waals surface area contributed by atoms with E-state index in [2.05, 4.69) is 31.1 Å². The Kier molecular flexibility index (Phi) is 4.77. The van der Waals surface area contributed by atoms with Gasteiger partial charge in [-0.25, -0.2) is 0 Å². The molecule has 106 valence electrons. The Labute approximate surface area is 115 Å². The molecule has 1 unspecified atom stereocenters. The quantitative estimate of drug-likeness (QED) is 0.887. The summed E-state index contributed by atoms with van der Waals surface area (Å²) in [6, 6.07) is 2.00. The SMILES string of the molecule is CC(C)(C)NCc1ccncc1OCC1CCCO1. The van der Waals surface area contributed by atoms with Gasteiger partial charge in [-0.05, 0) is 39.7 Å². The molecule has 1 fully saturated rings. The fraction of sp³-hybridized carbons (Fsp3) is 0.667. The fourth-order valence-electron chi connectivity index (χ4n) is 2.00. The number of hydrogen-bond donors (Lipinski definition) is 1. The van der Waals surface area contributed by atoms with Crippen LogP contribution in [0.25, 0.3) is 0 Å². The van der Waals surface area contributed by atoms with Gasteiger partial charge in [-0.1, -0.05) is 0 Å². The highest BCUT2D eigenvalue weighted by molar-refractivity contribution is 5.29. The van der Waals surface area contributed by atoms with Crippen LogP contribution in [0.2, 0.25) is 0 Å². The summed E-state index contributed by atoms with van der Waals surface area (Å²) in [6.45, 7) is 8.73. The normalized spacial score (nSPS) is 19.6. The van der Waals surface area contributed by atoms with Gasteiger partial charge in [0.15, 0.2) is 0 Å². The van der Waals surface area contributed by atoms with Crippen LogP contribution in [0.3, 0.4) is 0 Å². The predicted octanol–water partition coefficient (Wildman–Crippen LogP) is 2.53. The first kappa shape index (κ1) is 14.3. The third-order valence-electron chi connectivity index (χ3n) is 3.13. The van der Waals surface area contributed by atoms with Crippen molar-refractivity contribution < 1.29 is 9.47 Å². The Hall–Kier alpha value is -1.13. The molecular formula is C15H24N2O2. The molecule has 1 aromatic heterocycles. The zero-order valence-electron chi connectivity index (χ0n) is 12.1. The van der Waals surface area contributed by atoms with Crippen LogP contribution in [0.5, 0.6) is 5.75 Å². The van der Waals surface area contributed by atoms with Crippen LogP contribution < -0.4 is 10.1 Å². The van der Waals surface area contributed by atoms with Crippen LogP contribution in [-0.2, 0) is 11.3 Å². The highest BCUT2D eigenvalue weighted by atomic mass is 16.5. The van der Waals surface area contributed by atoms with E-state index in [0.717, 1.165) is 37.3 Å². The summed E-state index contributed by atoms with van der Waals surface area (Å²) in [5, 5.41) is 3.47. The largest absolute Gasteiger partial charge is 0.489 e. The molecule has 1 N–H and O–H groups in total. The van der Waals surface area contributed by atoms with Crippen molar-refractivity contribution in [3.05, 3.63) is 24.0 Å². The molecule has 1 aliphatic heterocycles. The molecule has 1 atom stereocenters. The molecule has 1 saturated heterocycles. The van der Waals surface area contributed by atoms with Crippen LogP contribution in [0.4, 0.5) is 0 Å². The number of nitrogens with one attached hydrogen (secondary N) is 1. The van der Waals surface area contributed by atoms with E-state index in [9.17, 15) is 0 Å². The number of nitrogens with zero attached hydrogens (tertiary/aromatic N) is 1. The molecule has 4 heteroatoms. The molecule has 0 aromatic carbocycles. The van der Waals surface area contributed by atoms with Gasteiger partial charge in [-0.3, -0.25) is 4.98 Å². The Bertz CT molecular complexity index is 395. The van der Waals surface area contributed by atoms with Gasteiger partial charge in [-0.15, -0.1) is 0 Å². The minimum absolute atomic E-state index is 0.0924. The topological polar surface area (TPSA) is 43.4 Å². The average molecular weight is 264 g/mol. The molecule has 0 saturated carbocycles. The fourth-order valence-corrected chi connectivity index (χ4v) is 2.00.